The van der Waals surface area contributed by atoms with Crippen molar-refractivity contribution in [2.45, 2.75) is 0 Å². The molecule has 0 fully saturated rings. The number of halogens is 3. The highest BCUT2D eigenvalue weighted by Crippen LogP contribution is 2.38. The Balaban J connectivity index is 2.35. The van der Waals surface area contributed by atoms with Gasteiger partial charge >= 0.3 is 0 Å². The molecule has 0 aliphatic carbocycles. The quantitative estimate of drug-likeness (QED) is 0.604. The van der Waals surface area contributed by atoms with Gasteiger partial charge in [-0.15, -0.1) is 0 Å². The number of hydrogen-bond donors (Lipinski definition) is 0. The molecule has 0 spiro atoms. The largest absolute Gasteiger partial charge is 0.496 e. The average Bonchev–Trinajstić information content (AvgIpc) is 2.36. The van der Waals surface area contributed by atoms with Gasteiger partial charge in [-0.25, -0.2) is 9.97 Å². The van der Waals surface area contributed by atoms with Crippen LogP contribution in [-0.2, 0) is 0 Å². The van der Waals surface area contributed by atoms with Crippen molar-refractivity contribution in [2.75, 3.05) is 7.11 Å². The predicted octanol–water partition coefficient (Wildman–Crippen LogP) is 4.41. The SMILES string of the molecule is COc1cc(Br)c(Oc2ncncc2I)cc1Br. The maximum absolute atomic E-state index is 5.73. The third-order valence-corrected chi connectivity index (χ3v) is 4.03. The Hall–Kier alpha value is -0.410. The van der Waals surface area contributed by atoms with E-state index in [4.69, 9.17) is 9.47 Å². The number of methoxy groups -OCH3 is 1. The van der Waals surface area contributed by atoms with Gasteiger partial charge in [0.15, 0.2) is 0 Å². The molecular weight excluding hydrogens is 479 g/mol. The molecule has 0 aliphatic rings. The second-order valence-electron chi connectivity index (χ2n) is 3.20. The molecule has 0 amide bonds. The Morgan fingerprint density at radius 3 is 2.50 bits per heavy atom. The van der Waals surface area contributed by atoms with Crippen LogP contribution in [-0.4, -0.2) is 17.1 Å². The van der Waals surface area contributed by atoms with Crippen molar-refractivity contribution in [3.63, 3.8) is 0 Å². The summed E-state index contributed by atoms with van der Waals surface area (Å²) in [4.78, 5) is 7.99. The molecule has 0 N–H and O–H groups in total. The van der Waals surface area contributed by atoms with Crippen molar-refractivity contribution < 1.29 is 9.47 Å². The minimum atomic E-state index is 0.517. The van der Waals surface area contributed by atoms with Gasteiger partial charge in [-0.05, 0) is 66.6 Å². The summed E-state index contributed by atoms with van der Waals surface area (Å²) < 4.78 is 13.4. The van der Waals surface area contributed by atoms with Crippen molar-refractivity contribution in [1.82, 2.24) is 9.97 Å². The highest BCUT2D eigenvalue weighted by atomic mass is 127. The van der Waals surface area contributed by atoms with E-state index in [1.165, 1.54) is 6.33 Å². The van der Waals surface area contributed by atoms with Crippen LogP contribution in [0.25, 0.3) is 0 Å². The number of nitrogens with zero attached hydrogens (tertiary/aromatic N) is 2. The van der Waals surface area contributed by atoms with E-state index in [2.05, 4.69) is 64.4 Å². The van der Waals surface area contributed by atoms with Crippen LogP contribution in [0.3, 0.4) is 0 Å². The summed E-state index contributed by atoms with van der Waals surface area (Å²) >= 11 is 8.97. The van der Waals surface area contributed by atoms with Crippen molar-refractivity contribution in [2.24, 2.45) is 0 Å². The summed E-state index contributed by atoms with van der Waals surface area (Å²) in [5.41, 5.74) is 0. The predicted molar refractivity (Wildman–Crippen MR) is 83.2 cm³/mol. The molecule has 7 heteroatoms. The average molecular weight is 486 g/mol. The van der Waals surface area contributed by atoms with Crippen LogP contribution in [0.2, 0.25) is 0 Å². The lowest BCUT2D eigenvalue weighted by Crippen LogP contribution is -1.94. The van der Waals surface area contributed by atoms with Crippen LogP contribution in [0.5, 0.6) is 17.4 Å². The lowest BCUT2D eigenvalue weighted by Gasteiger charge is -2.10. The fourth-order valence-corrected chi connectivity index (χ4v) is 2.52. The summed E-state index contributed by atoms with van der Waals surface area (Å²) in [5, 5.41) is 0. The van der Waals surface area contributed by atoms with E-state index in [0.717, 1.165) is 18.3 Å². The van der Waals surface area contributed by atoms with Gasteiger partial charge in [-0.3, -0.25) is 0 Å². The Morgan fingerprint density at radius 1 is 1.17 bits per heavy atom. The number of hydrogen-bond acceptors (Lipinski definition) is 4. The van der Waals surface area contributed by atoms with E-state index in [1.807, 2.05) is 12.1 Å². The zero-order valence-electron chi connectivity index (χ0n) is 9.15. The van der Waals surface area contributed by atoms with Gasteiger partial charge in [0.2, 0.25) is 5.88 Å². The Morgan fingerprint density at radius 2 is 1.83 bits per heavy atom. The maximum atomic E-state index is 5.73. The molecule has 0 unspecified atom stereocenters. The zero-order chi connectivity index (χ0) is 13.1. The topological polar surface area (TPSA) is 44.2 Å². The summed E-state index contributed by atoms with van der Waals surface area (Å²) in [7, 11) is 1.61. The number of aromatic nitrogens is 2. The molecule has 18 heavy (non-hydrogen) atoms. The molecule has 0 aliphatic heterocycles. The summed E-state index contributed by atoms with van der Waals surface area (Å²) in [5.74, 6) is 1.90. The van der Waals surface area contributed by atoms with Gasteiger partial charge < -0.3 is 9.47 Å². The first-order valence-electron chi connectivity index (χ1n) is 4.78. The third kappa shape index (κ3) is 3.12. The van der Waals surface area contributed by atoms with E-state index in [-0.39, 0.29) is 0 Å². The molecule has 1 aromatic carbocycles. The molecule has 2 aromatic rings. The first-order chi connectivity index (χ1) is 8.61. The van der Waals surface area contributed by atoms with Crippen LogP contribution >= 0.6 is 54.5 Å². The molecule has 2 rings (SSSR count). The zero-order valence-corrected chi connectivity index (χ0v) is 14.5. The monoisotopic (exact) mass is 484 g/mol. The normalized spacial score (nSPS) is 10.2. The highest BCUT2D eigenvalue weighted by Gasteiger charge is 2.11. The van der Waals surface area contributed by atoms with Crippen molar-refractivity contribution >= 4 is 54.5 Å². The highest BCUT2D eigenvalue weighted by molar-refractivity contribution is 14.1. The molecule has 4 nitrogen and oxygen atoms in total. The first-order valence-corrected chi connectivity index (χ1v) is 7.44. The fraction of sp³-hybridized carbons (Fsp3) is 0.0909. The second-order valence-corrected chi connectivity index (χ2v) is 6.07. The van der Waals surface area contributed by atoms with Crippen molar-refractivity contribution in [3.05, 3.63) is 37.2 Å². The van der Waals surface area contributed by atoms with Crippen LogP contribution in [0, 0.1) is 3.57 Å². The molecule has 0 atom stereocenters. The number of rotatable bonds is 3. The molecule has 94 valence electrons. The smallest absolute Gasteiger partial charge is 0.235 e. The lowest BCUT2D eigenvalue weighted by molar-refractivity contribution is 0.408. The maximum Gasteiger partial charge on any atom is 0.235 e. The Labute approximate surface area is 135 Å². The molecule has 0 bridgehead atoms. The number of benzene rings is 1. The van der Waals surface area contributed by atoms with E-state index >= 15 is 0 Å². The second kappa shape index (κ2) is 6.16. The Kier molecular flexibility index (Phi) is 4.79. The van der Waals surface area contributed by atoms with Crippen LogP contribution in [0.1, 0.15) is 0 Å². The molecule has 0 saturated carbocycles. The molecule has 1 aromatic heterocycles. The van der Waals surface area contributed by atoms with Gasteiger partial charge in [-0.2, -0.15) is 0 Å². The summed E-state index contributed by atoms with van der Waals surface area (Å²) in [6.45, 7) is 0. The van der Waals surface area contributed by atoms with Crippen LogP contribution in [0.4, 0.5) is 0 Å². The first kappa shape index (κ1) is 14.0. The summed E-state index contributed by atoms with van der Waals surface area (Å²) in [6, 6.07) is 3.65. The fourth-order valence-electron chi connectivity index (χ4n) is 1.23. The van der Waals surface area contributed by atoms with Crippen LogP contribution in [0.15, 0.2) is 33.6 Å². The van der Waals surface area contributed by atoms with Gasteiger partial charge in [-0.1, -0.05) is 0 Å². The van der Waals surface area contributed by atoms with Gasteiger partial charge in [0.05, 0.1) is 19.6 Å². The summed E-state index contributed by atoms with van der Waals surface area (Å²) in [6.07, 6.45) is 3.14. The van der Waals surface area contributed by atoms with E-state index < -0.39 is 0 Å². The molecule has 0 saturated heterocycles. The molecule has 1 heterocycles. The standard InChI is InChI=1S/C11H7Br2IN2O2/c1-17-9-2-7(13)10(3-6(9)12)18-11-8(14)4-15-5-16-11/h2-5H,1H3. The van der Waals surface area contributed by atoms with Gasteiger partial charge in [0, 0.05) is 6.20 Å². The van der Waals surface area contributed by atoms with Crippen LogP contribution < -0.4 is 9.47 Å². The third-order valence-electron chi connectivity index (χ3n) is 2.05. The van der Waals surface area contributed by atoms with Crippen molar-refractivity contribution in [3.8, 4) is 17.4 Å². The molecule has 0 radical (unpaired) electrons. The lowest BCUT2D eigenvalue weighted by atomic mass is 10.3. The van der Waals surface area contributed by atoms with E-state index in [1.54, 1.807) is 13.3 Å². The van der Waals surface area contributed by atoms with E-state index in [9.17, 15) is 0 Å². The minimum absolute atomic E-state index is 0.517. The Bertz CT molecular complexity index is 581. The molecular formula is C11H7Br2IN2O2. The van der Waals surface area contributed by atoms with Crippen molar-refractivity contribution in [1.29, 1.82) is 0 Å². The van der Waals surface area contributed by atoms with E-state index in [0.29, 0.717) is 11.6 Å². The minimum Gasteiger partial charge on any atom is -0.496 e. The van der Waals surface area contributed by atoms with Gasteiger partial charge in [0.1, 0.15) is 17.8 Å². The van der Waals surface area contributed by atoms with Gasteiger partial charge in [0.25, 0.3) is 0 Å². The number of ether oxygens (including phenoxy) is 2.